The van der Waals surface area contributed by atoms with E-state index in [2.05, 4.69) is 34.7 Å². The molecule has 14 heteroatoms. The molecule has 12 nitrogen and oxygen atoms in total. The average Bonchev–Trinajstić information content (AvgIpc) is 3.55. The molecular weight excluding hydrogens is 1120 g/mol. The average molecular weight is 1190 g/mol. The maximum Gasteiger partial charge on any atom is 0.267 e. The second kappa shape index (κ2) is 28.3. The van der Waals surface area contributed by atoms with Gasteiger partial charge in [0.05, 0.1) is 46.2 Å². The molecule has 0 unspecified atom stereocenters. The Bertz CT molecular complexity index is 2880. The van der Waals surface area contributed by atoms with Crippen LogP contribution in [0.5, 0.6) is 0 Å². The first-order valence-electron chi connectivity index (χ1n) is 26.4. The lowest BCUT2D eigenvalue weighted by Gasteiger charge is -2.52. The third-order valence-electron chi connectivity index (χ3n) is 14.0. The molecule has 3 heterocycles. The molecule has 0 bridgehead atoms. The highest BCUT2D eigenvalue weighted by Crippen LogP contribution is 2.44. The Morgan fingerprint density at radius 3 is 1.45 bits per heavy atom. The van der Waals surface area contributed by atoms with Gasteiger partial charge in [-0.25, -0.2) is 0 Å². The van der Waals surface area contributed by atoms with Crippen LogP contribution in [0, 0.1) is 3.57 Å². The summed E-state index contributed by atoms with van der Waals surface area (Å²) in [5.74, 6) is -1.28. The Balaban J connectivity index is 0.972. The summed E-state index contributed by atoms with van der Waals surface area (Å²) in [6.07, 6.45) is -7.62. The Kier molecular flexibility index (Phi) is 20.4. The van der Waals surface area contributed by atoms with Gasteiger partial charge in [-0.2, -0.15) is 0 Å². The molecule has 0 spiro atoms. The summed E-state index contributed by atoms with van der Waals surface area (Å²) in [5, 5.41) is -0.279. The van der Waals surface area contributed by atoms with Crippen LogP contribution in [-0.4, -0.2) is 92.6 Å². The Morgan fingerprint density at radius 2 is 0.949 bits per heavy atom. The molecular formula is C64H65IO12S. The third-order valence-corrected chi connectivity index (χ3v) is 16.0. The number of fused-ring (bicyclic) bond motifs is 1. The van der Waals surface area contributed by atoms with Gasteiger partial charge in [-0.1, -0.05) is 212 Å². The Hall–Kier alpha value is -5.15. The van der Waals surface area contributed by atoms with Crippen molar-refractivity contribution in [3.8, 4) is 0 Å². The van der Waals surface area contributed by atoms with Crippen LogP contribution in [0.1, 0.15) is 38.9 Å². The molecule has 11 atom stereocenters. The van der Waals surface area contributed by atoms with Crippen LogP contribution >= 0.6 is 34.4 Å². The zero-order valence-electron chi connectivity index (χ0n) is 43.5. The van der Waals surface area contributed by atoms with Gasteiger partial charge in [0, 0.05) is 22.0 Å². The van der Waals surface area contributed by atoms with Crippen molar-refractivity contribution in [2.75, 3.05) is 26.1 Å². The summed E-state index contributed by atoms with van der Waals surface area (Å²) in [6.45, 7) is 1.12. The largest absolute Gasteiger partial charge is 0.368 e. The number of rotatable bonds is 24. The van der Waals surface area contributed by atoms with Gasteiger partial charge in [0.2, 0.25) is 0 Å². The van der Waals surface area contributed by atoms with Crippen molar-refractivity contribution < 1.29 is 56.9 Å². The van der Waals surface area contributed by atoms with Gasteiger partial charge in [-0.05, 0) is 68.5 Å². The lowest BCUT2D eigenvalue weighted by atomic mass is 9.95. The second-order valence-electron chi connectivity index (χ2n) is 19.3. The van der Waals surface area contributed by atoms with Crippen LogP contribution in [-0.2, 0) is 102 Å². The molecule has 0 N–H and O–H groups in total. The van der Waals surface area contributed by atoms with Crippen molar-refractivity contribution in [2.24, 2.45) is 0 Å². The highest BCUT2D eigenvalue weighted by Gasteiger charge is 2.59. The number of halogens is 1. The monoisotopic (exact) mass is 1180 g/mol. The van der Waals surface area contributed by atoms with Crippen LogP contribution in [0.2, 0.25) is 0 Å². The van der Waals surface area contributed by atoms with Gasteiger partial charge >= 0.3 is 0 Å². The number of ether oxygens (including phenoxy) is 11. The van der Waals surface area contributed by atoms with Gasteiger partial charge in [0.25, 0.3) is 10.9 Å². The molecule has 78 heavy (non-hydrogen) atoms. The number of methoxy groups -OCH3 is 1. The predicted molar refractivity (Wildman–Crippen MR) is 305 cm³/mol. The van der Waals surface area contributed by atoms with E-state index in [0.29, 0.717) is 17.7 Å². The summed E-state index contributed by atoms with van der Waals surface area (Å²) in [6, 6.07) is 67.3. The van der Waals surface area contributed by atoms with E-state index in [0.717, 1.165) is 37.0 Å². The smallest absolute Gasteiger partial charge is 0.267 e. The van der Waals surface area contributed by atoms with Gasteiger partial charge in [-0.3, -0.25) is 4.79 Å². The number of carbonyl (C=O) groups excluding carboxylic acids is 1. The molecule has 0 saturated carbocycles. The third kappa shape index (κ3) is 14.4. The highest BCUT2D eigenvalue weighted by molar-refractivity contribution is 14.1. The summed E-state index contributed by atoms with van der Waals surface area (Å²) in [5.41, 5.74) is 6.53. The lowest BCUT2D eigenvalue weighted by Crippen LogP contribution is -2.67. The maximum atomic E-state index is 14.9. The first kappa shape index (κ1) is 56.1. The van der Waals surface area contributed by atoms with Crippen molar-refractivity contribution >= 4 is 39.5 Å². The fourth-order valence-electron chi connectivity index (χ4n) is 9.96. The van der Waals surface area contributed by atoms with E-state index in [1.807, 2.05) is 194 Å². The molecule has 3 aliphatic heterocycles. The second-order valence-corrected chi connectivity index (χ2v) is 21.5. The first-order chi connectivity index (χ1) is 38.4. The zero-order chi connectivity index (χ0) is 53.4. The normalized spacial score (nSPS) is 26.0. The van der Waals surface area contributed by atoms with Crippen molar-refractivity contribution in [1.82, 2.24) is 0 Å². The summed E-state index contributed by atoms with van der Waals surface area (Å²) in [7, 11) is 1.60. The molecule has 10 rings (SSSR count). The van der Waals surface area contributed by atoms with Crippen molar-refractivity contribution in [3.63, 3.8) is 0 Å². The summed E-state index contributed by atoms with van der Waals surface area (Å²) < 4.78 is 76.7. The molecule has 0 radical (unpaired) electrons. The SMILES string of the molecule is CO[C@H]1O[C@H](CO[C@@H]2O[C@@H]3CO[C@](C(=O)SCCc4ccccc4I)(c4ccccc4)O[C@H]3[C@H](OCc3ccccc3)[C@@H]2OCc2ccccc2)[C@@H](OCc2ccccc2)[C@H](OCc2ccccc2)[C@H]1OCc1ccccc1. The minimum atomic E-state index is -1.80. The molecule has 3 aliphatic rings. The number of hydrogen-bond donors (Lipinski definition) is 0. The molecule has 7 aromatic carbocycles. The van der Waals surface area contributed by atoms with Gasteiger partial charge in [0.15, 0.2) is 12.6 Å². The molecule has 3 saturated heterocycles. The molecule has 7 aromatic rings. The van der Waals surface area contributed by atoms with E-state index < -0.39 is 67.2 Å². The van der Waals surface area contributed by atoms with Crippen LogP contribution in [0.25, 0.3) is 0 Å². The molecule has 3 fully saturated rings. The minimum Gasteiger partial charge on any atom is -0.368 e. The number of benzene rings is 7. The predicted octanol–water partition coefficient (Wildman–Crippen LogP) is 11.4. The Morgan fingerprint density at radius 1 is 0.513 bits per heavy atom. The minimum absolute atomic E-state index is 0.0246. The molecule has 0 amide bonds. The molecule has 0 aromatic heterocycles. The van der Waals surface area contributed by atoms with Crippen LogP contribution < -0.4 is 0 Å². The lowest BCUT2D eigenvalue weighted by molar-refractivity contribution is -0.395. The molecule has 0 aliphatic carbocycles. The molecule has 406 valence electrons. The summed E-state index contributed by atoms with van der Waals surface area (Å²) in [4.78, 5) is 14.9. The number of hydrogen-bond acceptors (Lipinski definition) is 13. The quantitative estimate of drug-likeness (QED) is 0.0535. The van der Waals surface area contributed by atoms with E-state index in [1.165, 1.54) is 11.8 Å². The van der Waals surface area contributed by atoms with E-state index in [4.69, 9.17) is 52.1 Å². The topological polar surface area (TPSA) is 119 Å². The summed E-state index contributed by atoms with van der Waals surface area (Å²) >= 11 is 3.52. The van der Waals surface area contributed by atoms with E-state index in [-0.39, 0.29) is 51.4 Å². The van der Waals surface area contributed by atoms with Crippen molar-refractivity contribution in [2.45, 2.75) is 107 Å². The van der Waals surface area contributed by atoms with Gasteiger partial charge in [0.1, 0.15) is 48.8 Å². The zero-order valence-corrected chi connectivity index (χ0v) is 46.4. The number of aryl methyl sites for hydroxylation is 1. The van der Waals surface area contributed by atoms with Crippen LogP contribution in [0.3, 0.4) is 0 Å². The van der Waals surface area contributed by atoms with Crippen LogP contribution in [0.15, 0.2) is 206 Å². The first-order valence-corrected chi connectivity index (χ1v) is 28.5. The number of carbonyl (C=O) groups is 1. The fourth-order valence-corrected chi connectivity index (χ4v) is 11.5. The highest BCUT2D eigenvalue weighted by atomic mass is 127. The van der Waals surface area contributed by atoms with Crippen molar-refractivity contribution in [1.29, 1.82) is 0 Å². The number of thioether (sulfide) groups is 1. The van der Waals surface area contributed by atoms with Gasteiger partial charge in [-0.15, -0.1) is 0 Å². The standard InChI is InChI=1S/C64H65IO12S/c1-67-61-59(71-41-48-28-14-5-15-29-48)57(69-39-46-24-10-3-11-25-46)55(68-38-45-22-8-2-9-23-45)53(75-61)43-73-62-60(72-42-49-30-16-6-17-31-49)58(70-40-47-26-12-4-13-27-47)56-54(76-62)44-74-64(77-56,51-33-18-7-19-34-51)63(66)78-37-36-50-32-20-21-35-52(50)65/h2-35,53-62H,36-44H2,1H3/t53-,54-,55-,56-,57+,58+,59-,60+,61+,62-,64-/m1/s1. The Labute approximate surface area is 475 Å². The van der Waals surface area contributed by atoms with Gasteiger partial charge < -0.3 is 52.1 Å². The van der Waals surface area contributed by atoms with Crippen LogP contribution in [0.4, 0.5) is 0 Å². The van der Waals surface area contributed by atoms with E-state index >= 15 is 0 Å². The maximum absolute atomic E-state index is 14.9. The van der Waals surface area contributed by atoms with Crippen molar-refractivity contribution in [3.05, 3.63) is 249 Å². The van der Waals surface area contributed by atoms with E-state index in [9.17, 15) is 4.79 Å². The fraction of sp³-hybridized carbons (Fsp3) is 0.328. The van der Waals surface area contributed by atoms with E-state index in [1.54, 1.807) is 7.11 Å².